The van der Waals surface area contributed by atoms with Gasteiger partial charge in [-0.15, -0.1) is 11.3 Å². The van der Waals surface area contributed by atoms with Crippen LogP contribution in [0.15, 0.2) is 29.6 Å². The first kappa shape index (κ1) is 16.3. The highest BCUT2D eigenvalue weighted by Crippen LogP contribution is 2.25. The average molecular weight is 343 g/mol. The first-order valence-corrected chi connectivity index (χ1v) is 8.05. The second kappa shape index (κ2) is 7.27. The van der Waals surface area contributed by atoms with Gasteiger partial charge in [0, 0.05) is 16.4 Å². The first-order valence-electron chi connectivity index (χ1n) is 6.42. The Balaban J connectivity index is 1.92. The van der Waals surface area contributed by atoms with Gasteiger partial charge in [-0.3, -0.25) is 9.69 Å². The lowest BCUT2D eigenvalue weighted by molar-refractivity contribution is -0.117. The third kappa shape index (κ3) is 4.71. The zero-order valence-electron chi connectivity index (χ0n) is 11.8. The van der Waals surface area contributed by atoms with E-state index in [0.29, 0.717) is 22.3 Å². The topological polar surface area (TPSA) is 32.3 Å². The lowest BCUT2D eigenvalue weighted by Crippen LogP contribution is -2.29. The van der Waals surface area contributed by atoms with E-state index in [0.717, 1.165) is 6.54 Å². The molecule has 0 bridgehead atoms. The summed E-state index contributed by atoms with van der Waals surface area (Å²) in [5, 5.41) is 5.86. The Bertz CT molecular complexity index is 642. The Labute approximate surface area is 138 Å². The fourth-order valence-corrected chi connectivity index (χ4v) is 3.22. The van der Waals surface area contributed by atoms with E-state index in [1.54, 1.807) is 29.5 Å². The maximum atomic E-state index is 12.0. The molecule has 0 unspecified atom stereocenters. The summed E-state index contributed by atoms with van der Waals surface area (Å²) in [7, 11) is 1.91. The molecular formula is C15H16Cl2N2OS. The van der Waals surface area contributed by atoms with Gasteiger partial charge in [0.2, 0.25) is 5.91 Å². The summed E-state index contributed by atoms with van der Waals surface area (Å²) >= 11 is 13.6. The molecular weight excluding hydrogens is 327 g/mol. The van der Waals surface area contributed by atoms with Crippen LogP contribution in [0.4, 0.5) is 5.69 Å². The van der Waals surface area contributed by atoms with Crippen LogP contribution in [0.2, 0.25) is 10.0 Å². The number of hydrogen-bond donors (Lipinski definition) is 1. The van der Waals surface area contributed by atoms with Gasteiger partial charge in [0.15, 0.2) is 0 Å². The fraction of sp³-hybridized carbons (Fsp3) is 0.267. The third-order valence-electron chi connectivity index (χ3n) is 3.00. The van der Waals surface area contributed by atoms with Crippen molar-refractivity contribution >= 4 is 46.1 Å². The van der Waals surface area contributed by atoms with E-state index < -0.39 is 0 Å². The predicted octanol–water partition coefficient (Wildman–Crippen LogP) is 4.43. The number of rotatable bonds is 5. The zero-order valence-corrected chi connectivity index (χ0v) is 14.1. The van der Waals surface area contributed by atoms with Gasteiger partial charge in [-0.05, 0) is 49.2 Å². The highest BCUT2D eigenvalue weighted by Gasteiger charge is 2.11. The normalized spacial score (nSPS) is 10.9. The molecule has 1 heterocycles. The number of nitrogens with zero attached hydrogens (tertiary/aromatic N) is 1. The van der Waals surface area contributed by atoms with Crippen molar-refractivity contribution in [3.8, 4) is 0 Å². The molecule has 1 aromatic heterocycles. The molecule has 0 saturated heterocycles. The number of aryl methyl sites for hydroxylation is 1. The molecule has 0 spiro atoms. The van der Waals surface area contributed by atoms with E-state index >= 15 is 0 Å². The summed E-state index contributed by atoms with van der Waals surface area (Å²) < 4.78 is 0. The minimum absolute atomic E-state index is 0.115. The molecule has 0 aliphatic carbocycles. The van der Waals surface area contributed by atoms with Gasteiger partial charge in [0.25, 0.3) is 0 Å². The number of halogens is 2. The summed E-state index contributed by atoms with van der Waals surface area (Å²) in [6.07, 6.45) is 0. The largest absolute Gasteiger partial charge is 0.324 e. The van der Waals surface area contributed by atoms with Crippen LogP contribution in [0.1, 0.15) is 10.4 Å². The van der Waals surface area contributed by atoms with Crippen LogP contribution in [-0.4, -0.2) is 24.4 Å². The minimum atomic E-state index is -0.115. The molecule has 6 heteroatoms. The summed E-state index contributed by atoms with van der Waals surface area (Å²) in [5.41, 5.74) is 1.79. The molecule has 0 fully saturated rings. The summed E-state index contributed by atoms with van der Waals surface area (Å²) in [4.78, 5) is 15.3. The Morgan fingerprint density at radius 2 is 2.10 bits per heavy atom. The van der Waals surface area contributed by atoms with Crippen molar-refractivity contribution in [2.75, 3.05) is 18.9 Å². The van der Waals surface area contributed by atoms with Crippen molar-refractivity contribution in [2.45, 2.75) is 13.5 Å². The second-order valence-corrected chi connectivity index (χ2v) is 6.72. The number of hydrogen-bond acceptors (Lipinski definition) is 3. The second-order valence-electron chi connectivity index (χ2n) is 4.87. The SMILES string of the molecule is Cc1ccsc1CN(C)CC(=O)Nc1cc(Cl)ccc1Cl. The maximum Gasteiger partial charge on any atom is 0.238 e. The maximum absolute atomic E-state index is 12.0. The number of likely N-dealkylation sites (N-methyl/N-ethyl adjacent to an activating group) is 1. The molecule has 1 N–H and O–H groups in total. The Kier molecular flexibility index (Phi) is 5.65. The molecule has 2 aromatic rings. The number of carbonyl (C=O) groups is 1. The van der Waals surface area contributed by atoms with Crippen molar-refractivity contribution in [3.05, 3.63) is 50.1 Å². The van der Waals surface area contributed by atoms with Crippen LogP contribution < -0.4 is 5.32 Å². The molecule has 3 nitrogen and oxygen atoms in total. The highest BCUT2D eigenvalue weighted by atomic mass is 35.5. The van der Waals surface area contributed by atoms with Crippen LogP contribution in [0, 0.1) is 6.92 Å². The predicted molar refractivity (Wildman–Crippen MR) is 90.5 cm³/mol. The van der Waals surface area contributed by atoms with E-state index in [9.17, 15) is 4.79 Å². The van der Waals surface area contributed by atoms with Gasteiger partial charge >= 0.3 is 0 Å². The molecule has 112 valence electrons. The summed E-state index contributed by atoms with van der Waals surface area (Å²) in [6.45, 7) is 3.12. The lowest BCUT2D eigenvalue weighted by Gasteiger charge is -2.16. The van der Waals surface area contributed by atoms with Crippen LogP contribution in [0.5, 0.6) is 0 Å². The number of nitrogens with one attached hydrogen (secondary N) is 1. The summed E-state index contributed by atoms with van der Waals surface area (Å²) in [5.74, 6) is -0.115. The summed E-state index contributed by atoms with van der Waals surface area (Å²) in [6, 6.07) is 7.08. The zero-order chi connectivity index (χ0) is 15.4. The molecule has 2 rings (SSSR count). The quantitative estimate of drug-likeness (QED) is 0.871. The third-order valence-corrected chi connectivity index (χ3v) is 4.57. The molecule has 21 heavy (non-hydrogen) atoms. The van der Waals surface area contributed by atoms with Crippen molar-refractivity contribution < 1.29 is 4.79 Å². The van der Waals surface area contributed by atoms with Crippen molar-refractivity contribution in [3.63, 3.8) is 0 Å². The molecule has 0 aliphatic rings. The van der Waals surface area contributed by atoms with Crippen LogP contribution in [0.3, 0.4) is 0 Å². The fourth-order valence-electron chi connectivity index (χ4n) is 1.90. The molecule has 1 amide bonds. The standard InChI is InChI=1S/C15H16Cl2N2OS/c1-10-5-6-21-14(10)8-19(2)9-15(20)18-13-7-11(16)3-4-12(13)17/h3-7H,8-9H2,1-2H3,(H,18,20). The van der Waals surface area contributed by atoms with Gasteiger partial charge in [-0.1, -0.05) is 23.2 Å². The average Bonchev–Trinajstić information content (AvgIpc) is 2.79. The van der Waals surface area contributed by atoms with E-state index in [1.807, 2.05) is 11.9 Å². The number of carbonyl (C=O) groups excluding carboxylic acids is 1. The molecule has 0 saturated carbocycles. The monoisotopic (exact) mass is 342 g/mol. The van der Waals surface area contributed by atoms with Crippen LogP contribution in [-0.2, 0) is 11.3 Å². The van der Waals surface area contributed by atoms with Crippen molar-refractivity contribution in [1.29, 1.82) is 0 Å². The van der Waals surface area contributed by atoms with E-state index in [4.69, 9.17) is 23.2 Å². The van der Waals surface area contributed by atoms with E-state index in [2.05, 4.69) is 23.7 Å². The smallest absolute Gasteiger partial charge is 0.238 e. The van der Waals surface area contributed by atoms with Gasteiger partial charge in [-0.25, -0.2) is 0 Å². The van der Waals surface area contributed by atoms with Gasteiger partial charge in [0.05, 0.1) is 17.3 Å². The van der Waals surface area contributed by atoms with Gasteiger partial charge in [-0.2, -0.15) is 0 Å². The number of thiophene rings is 1. The van der Waals surface area contributed by atoms with Crippen molar-refractivity contribution in [2.24, 2.45) is 0 Å². The molecule has 0 aliphatic heterocycles. The molecule has 1 aromatic carbocycles. The van der Waals surface area contributed by atoms with Gasteiger partial charge in [0.1, 0.15) is 0 Å². The lowest BCUT2D eigenvalue weighted by atomic mass is 10.3. The van der Waals surface area contributed by atoms with Gasteiger partial charge < -0.3 is 5.32 Å². The number of benzene rings is 1. The Morgan fingerprint density at radius 3 is 2.76 bits per heavy atom. The number of anilines is 1. The Hall–Kier alpha value is -1.07. The number of amides is 1. The van der Waals surface area contributed by atoms with Crippen LogP contribution >= 0.6 is 34.5 Å². The van der Waals surface area contributed by atoms with Crippen LogP contribution in [0.25, 0.3) is 0 Å². The van der Waals surface area contributed by atoms with E-state index in [-0.39, 0.29) is 5.91 Å². The van der Waals surface area contributed by atoms with Crippen molar-refractivity contribution in [1.82, 2.24) is 4.90 Å². The first-order chi connectivity index (χ1) is 9.95. The molecule has 0 atom stereocenters. The minimum Gasteiger partial charge on any atom is -0.324 e. The molecule has 0 radical (unpaired) electrons. The highest BCUT2D eigenvalue weighted by molar-refractivity contribution is 7.10. The Morgan fingerprint density at radius 1 is 1.33 bits per heavy atom. The van der Waals surface area contributed by atoms with E-state index in [1.165, 1.54) is 10.4 Å².